The molecule has 0 heterocycles. The largest absolute Gasteiger partial charge is 0.313 e. The molecule has 0 aliphatic carbocycles. The lowest BCUT2D eigenvalue weighted by Gasteiger charge is -2.03. The summed E-state index contributed by atoms with van der Waals surface area (Å²) in [6.07, 6.45) is -0.390. The molecule has 0 atom stereocenters. The van der Waals surface area contributed by atoms with Gasteiger partial charge in [0.25, 0.3) is 6.43 Å². The molecule has 1 nitrogen and oxygen atoms in total. The standard InChI is InChI=1S/C13H17F2N/c1-3-16-9-10(2)8-11-4-6-12(7-5-11)13(14)15/h4-8,13,16H,3,9H2,1-2H3/b10-8+. The molecule has 0 unspecified atom stereocenters. The van der Waals surface area contributed by atoms with Gasteiger partial charge in [-0.05, 0) is 19.0 Å². The molecule has 1 aromatic rings. The van der Waals surface area contributed by atoms with Crippen LogP contribution in [0.3, 0.4) is 0 Å². The van der Waals surface area contributed by atoms with Crippen LogP contribution in [-0.4, -0.2) is 13.1 Å². The molecule has 88 valence electrons. The molecular formula is C13H17F2N. The van der Waals surface area contributed by atoms with E-state index in [0.717, 1.165) is 18.7 Å². The highest BCUT2D eigenvalue weighted by Gasteiger charge is 2.04. The van der Waals surface area contributed by atoms with E-state index >= 15 is 0 Å². The Morgan fingerprint density at radius 1 is 1.31 bits per heavy atom. The van der Waals surface area contributed by atoms with E-state index in [1.54, 1.807) is 12.1 Å². The van der Waals surface area contributed by atoms with Gasteiger partial charge in [-0.15, -0.1) is 0 Å². The fraction of sp³-hybridized carbons (Fsp3) is 0.385. The molecule has 0 amide bonds. The van der Waals surface area contributed by atoms with Gasteiger partial charge in [0.2, 0.25) is 0 Å². The topological polar surface area (TPSA) is 12.0 Å². The molecule has 0 spiro atoms. The van der Waals surface area contributed by atoms with Crippen molar-refractivity contribution in [1.82, 2.24) is 5.32 Å². The van der Waals surface area contributed by atoms with Crippen LogP contribution < -0.4 is 5.32 Å². The number of alkyl halides is 2. The lowest BCUT2D eigenvalue weighted by atomic mass is 10.1. The Kier molecular flexibility index (Phi) is 5.12. The quantitative estimate of drug-likeness (QED) is 0.806. The van der Waals surface area contributed by atoms with Crippen LogP contribution in [0.5, 0.6) is 0 Å². The first kappa shape index (κ1) is 12.8. The molecule has 0 saturated carbocycles. The highest BCUT2D eigenvalue weighted by molar-refractivity contribution is 5.53. The first-order valence-electron chi connectivity index (χ1n) is 5.39. The first-order valence-corrected chi connectivity index (χ1v) is 5.39. The number of likely N-dealkylation sites (N-methyl/N-ethyl adjacent to an activating group) is 1. The number of hydrogen-bond acceptors (Lipinski definition) is 1. The molecule has 16 heavy (non-hydrogen) atoms. The van der Waals surface area contributed by atoms with Crippen molar-refractivity contribution in [3.63, 3.8) is 0 Å². The Morgan fingerprint density at radius 2 is 1.94 bits per heavy atom. The van der Waals surface area contributed by atoms with E-state index in [2.05, 4.69) is 5.32 Å². The molecule has 0 aliphatic rings. The second kappa shape index (κ2) is 6.38. The summed E-state index contributed by atoms with van der Waals surface area (Å²) < 4.78 is 24.6. The lowest BCUT2D eigenvalue weighted by molar-refractivity contribution is 0.151. The van der Waals surface area contributed by atoms with Gasteiger partial charge in [-0.1, -0.05) is 42.8 Å². The number of hydrogen-bond donors (Lipinski definition) is 1. The van der Waals surface area contributed by atoms with Crippen LogP contribution in [0.4, 0.5) is 8.78 Å². The number of nitrogens with one attached hydrogen (secondary N) is 1. The first-order chi connectivity index (χ1) is 7.63. The summed E-state index contributed by atoms with van der Waals surface area (Å²) in [5.41, 5.74) is 2.22. The molecule has 1 aromatic carbocycles. The van der Waals surface area contributed by atoms with Crippen molar-refractivity contribution in [2.75, 3.05) is 13.1 Å². The van der Waals surface area contributed by atoms with Crippen LogP contribution in [0.1, 0.15) is 31.4 Å². The molecule has 0 saturated heterocycles. The lowest BCUT2D eigenvalue weighted by Crippen LogP contribution is -2.14. The average Bonchev–Trinajstić information content (AvgIpc) is 2.27. The van der Waals surface area contributed by atoms with Crippen molar-refractivity contribution in [3.05, 3.63) is 41.0 Å². The monoisotopic (exact) mass is 225 g/mol. The third kappa shape index (κ3) is 4.11. The summed E-state index contributed by atoms with van der Waals surface area (Å²) >= 11 is 0. The van der Waals surface area contributed by atoms with Gasteiger partial charge >= 0.3 is 0 Å². The zero-order chi connectivity index (χ0) is 12.0. The highest BCUT2D eigenvalue weighted by atomic mass is 19.3. The van der Waals surface area contributed by atoms with E-state index in [1.807, 2.05) is 19.9 Å². The summed E-state index contributed by atoms with van der Waals surface area (Å²) in [5.74, 6) is 0. The fourth-order valence-electron chi connectivity index (χ4n) is 1.40. The van der Waals surface area contributed by atoms with E-state index in [1.165, 1.54) is 17.7 Å². The van der Waals surface area contributed by atoms with E-state index < -0.39 is 6.43 Å². The van der Waals surface area contributed by atoms with Gasteiger partial charge in [0.05, 0.1) is 0 Å². The Morgan fingerprint density at radius 3 is 2.44 bits per heavy atom. The van der Waals surface area contributed by atoms with E-state index in [-0.39, 0.29) is 5.56 Å². The van der Waals surface area contributed by atoms with Gasteiger partial charge < -0.3 is 5.32 Å². The van der Waals surface area contributed by atoms with E-state index in [4.69, 9.17) is 0 Å². The molecule has 1 rings (SSSR count). The maximum atomic E-state index is 12.3. The Bertz CT molecular complexity index is 341. The van der Waals surface area contributed by atoms with Gasteiger partial charge in [0.15, 0.2) is 0 Å². The van der Waals surface area contributed by atoms with Gasteiger partial charge in [0.1, 0.15) is 0 Å². The maximum Gasteiger partial charge on any atom is 0.263 e. The third-order valence-electron chi connectivity index (χ3n) is 2.26. The molecule has 0 radical (unpaired) electrons. The molecule has 0 fully saturated rings. The van der Waals surface area contributed by atoms with Crippen molar-refractivity contribution >= 4 is 6.08 Å². The van der Waals surface area contributed by atoms with Crippen molar-refractivity contribution in [1.29, 1.82) is 0 Å². The van der Waals surface area contributed by atoms with Crippen LogP contribution in [0.25, 0.3) is 6.08 Å². The zero-order valence-electron chi connectivity index (χ0n) is 9.63. The van der Waals surface area contributed by atoms with Crippen molar-refractivity contribution in [2.24, 2.45) is 0 Å². The van der Waals surface area contributed by atoms with Crippen molar-refractivity contribution < 1.29 is 8.78 Å². The van der Waals surface area contributed by atoms with Crippen molar-refractivity contribution in [3.8, 4) is 0 Å². The molecule has 3 heteroatoms. The predicted octanol–water partition coefficient (Wildman–Crippen LogP) is 3.64. The SMILES string of the molecule is CCNC/C(C)=C/c1ccc(C(F)F)cc1. The van der Waals surface area contributed by atoms with Crippen LogP contribution in [-0.2, 0) is 0 Å². The van der Waals surface area contributed by atoms with Crippen LogP contribution in [0.15, 0.2) is 29.8 Å². The summed E-state index contributed by atoms with van der Waals surface area (Å²) in [7, 11) is 0. The minimum Gasteiger partial charge on any atom is -0.313 e. The second-order valence-electron chi connectivity index (χ2n) is 3.74. The van der Waals surface area contributed by atoms with Crippen LogP contribution in [0.2, 0.25) is 0 Å². The minimum atomic E-state index is -2.39. The van der Waals surface area contributed by atoms with Crippen molar-refractivity contribution in [2.45, 2.75) is 20.3 Å². The van der Waals surface area contributed by atoms with Crippen LogP contribution in [0, 0.1) is 0 Å². The summed E-state index contributed by atoms with van der Waals surface area (Å²) in [6, 6.07) is 6.38. The molecular weight excluding hydrogens is 208 g/mol. The molecule has 1 N–H and O–H groups in total. The molecule has 0 aromatic heterocycles. The van der Waals surface area contributed by atoms with Crippen LogP contribution >= 0.6 is 0 Å². The fourth-order valence-corrected chi connectivity index (χ4v) is 1.40. The third-order valence-corrected chi connectivity index (χ3v) is 2.26. The smallest absolute Gasteiger partial charge is 0.263 e. The predicted molar refractivity (Wildman–Crippen MR) is 63.6 cm³/mol. The number of benzene rings is 1. The Hall–Kier alpha value is -1.22. The molecule has 0 aliphatic heterocycles. The van der Waals surface area contributed by atoms with E-state index in [0.29, 0.717) is 0 Å². The number of halogens is 2. The zero-order valence-corrected chi connectivity index (χ0v) is 9.63. The summed E-state index contributed by atoms with van der Waals surface area (Å²) in [6.45, 7) is 5.82. The summed E-state index contributed by atoms with van der Waals surface area (Å²) in [5, 5.41) is 3.21. The Labute approximate surface area is 95.2 Å². The minimum absolute atomic E-state index is 0.0708. The summed E-state index contributed by atoms with van der Waals surface area (Å²) in [4.78, 5) is 0. The molecule has 0 bridgehead atoms. The Balaban J connectivity index is 2.67. The average molecular weight is 225 g/mol. The van der Waals surface area contributed by atoms with Gasteiger partial charge in [0, 0.05) is 12.1 Å². The van der Waals surface area contributed by atoms with E-state index in [9.17, 15) is 8.78 Å². The van der Waals surface area contributed by atoms with Gasteiger partial charge in [-0.25, -0.2) is 8.78 Å². The van der Waals surface area contributed by atoms with Gasteiger partial charge in [-0.2, -0.15) is 0 Å². The second-order valence-corrected chi connectivity index (χ2v) is 3.74. The highest BCUT2D eigenvalue weighted by Crippen LogP contribution is 2.19. The normalized spacial score (nSPS) is 12.2. The van der Waals surface area contributed by atoms with Gasteiger partial charge in [-0.3, -0.25) is 0 Å². The number of rotatable bonds is 5. The maximum absolute atomic E-state index is 12.3.